The molecule has 0 aliphatic heterocycles. The molecule has 0 aliphatic carbocycles. The molecule has 3 rings (SSSR count). The summed E-state index contributed by atoms with van der Waals surface area (Å²) in [6.07, 6.45) is 0.750. The van der Waals surface area contributed by atoms with Crippen molar-refractivity contribution in [1.82, 2.24) is 25.2 Å². The van der Waals surface area contributed by atoms with Gasteiger partial charge in [-0.2, -0.15) is 0 Å². The summed E-state index contributed by atoms with van der Waals surface area (Å²) >= 11 is 2.25. The smallest absolute Gasteiger partial charge is 0.245 e. The largest absolute Gasteiger partial charge is 0.370 e. The van der Waals surface area contributed by atoms with Crippen LogP contribution in [0.2, 0.25) is 0 Å². The zero-order valence-corrected chi connectivity index (χ0v) is 15.5. The Balaban J connectivity index is 0.000000368. The van der Waals surface area contributed by atoms with E-state index in [4.69, 9.17) is 0 Å². The number of halogens is 1. The molecule has 0 aliphatic rings. The number of amides is 1. The van der Waals surface area contributed by atoms with Crippen molar-refractivity contribution in [2.24, 2.45) is 0 Å². The maximum atomic E-state index is 9.43. The molecule has 0 atom stereocenters. The van der Waals surface area contributed by atoms with E-state index in [1.165, 1.54) is 8.47 Å². The fraction of sp³-hybridized carbons (Fsp3) is 0.214. The molecule has 0 radical (unpaired) electrons. The Morgan fingerprint density at radius 2 is 1.62 bits per heavy atom. The molecule has 0 saturated carbocycles. The number of fused-ring (bicyclic) bond motifs is 1. The summed E-state index contributed by atoms with van der Waals surface area (Å²) in [5.41, 5.74) is 1.66. The Hall–Kier alpha value is -2.50. The normalized spacial score (nSPS) is 9.83. The van der Waals surface area contributed by atoms with Gasteiger partial charge in [0.2, 0.25) is 17.7 Å². The van der Waals surface area contributed by atoms with Crippen molar-refractivity contribution in [1.29, 1.82) is 0 Å². The first-order valence-corrected chi connectivity index (χ1v) is 7.93. The first-order chi connectivity index (χ1) is 11.5. The number of nitrogens with zero attached hydrogens (tertiary/aromatic N) is 5. The number of anilines is 3. The van der Waals surface area contributed by atoms with Crippen LogP contribution in [0.3, 0.4) is 0 Å². The average Bonchev–Trinajstić information content (AvgIpc) is 3.04. The first kappa shape index (κ1) is 17.8. The second-order valence-electron chi connectivity index (χ2n) is 4.78. The molecular weight excluding hydrogens is 425 g/mol. The third kappa shape index (κ3) is 4.75. The molecule has 126 valence electrons. The number of rotatable bonds is 4. The molecule has 2 aromatic heterocycles. The molecule has 24 heavy (non-hydrogen) atoms. The van der Waals surface area contributed by atoms with Gasteiger partial charge in [0.05, 0.1) is 0 Å². The zero-order chi connectivity index (χ0) is 17.5. The monoisotopic (exact) mass is 441 g/mol. The molecule has 1 amide bonds. The van der Waals surface area contributed by atoms with E-state index in [2.05, 4.69) is 58.1 Å². The summed E-state index contributed by atoms with van der Waals surface area (Å²) in [7, 11) is 5.14. The second kappa shape index (κ2) is 8.38. The van der Waals surface area contributed by atoms with Gasteiger partial charge in [0.1, 0.15) is 0 Å². The molecule has 0 spiro atoms. The van der Waals surface area contributed by atoms with Crippen molar-refractivity contribution in [3.63, 3.8) is 0 Å². The number of nitrogens with one attached hydrogen (secondary N) is 2. The number of carbonyl (C=O) groups is 1. The van der Waals surface area contributed by atoms with Crippen molar-refractivity contribution >= 4 is 57.6 Å². The maximum absolute atomic E-state index is 9.43. The summed E-state index contributed by atoms with van der Waals surface area (Å²) in [6, 6.07) is 7.94. The fourth-order valence-corrected chi connectivity index (χ4v) is 1.93. The molecule has 9 nitrogen and oxygen atoms in total. The number of benzene rings is 1. The number of hydrogen-bond donors (Lipinski definition) is 2. The average molecular weight is 441 g/mol. The van der Waals surface area contributed by atoms with E-state index in [0.717, 1.165) is 12.1 Å². The van der Waals surface area contributed by atoms with Crippen molar-refractivity contribution in [2.45, 2.75) is 0 Å². The second-order valence-corrected chi connectivity index (χ2v) is 6.03. The molecular formula is C14H16IN7O2. The topological polar surface area (TPSA) is 109 Å². The highest BCUT2D eigenvalue weighted by Crippen LogP contribution is 2.23. The van der Waals surface area contributed by atoms with E-state index in [1.807, 2.05) is 24.3 Å². The van der Waals surface area contributed by atoms with Gasteiger partial charge in [0, 0.05) is 30.4 Å². The van der Waals surface area contributed by atoms with E-state index in [-0.39, 0.29) is 0 Å². The van der Waals surface area contributed by atoms with Gasteiger partial charge in [-0.15, -0.1) is 0 Å². The summed E-state index contributed by atoms with van der Waals surface area (Å²) in [5.74, 6) is 1.16. The van der Waals surface area contributed by atoms with Crippen LogP contribution in [0, 0.1) is 3.57 Å². The summed E-state index contributed by atoms with van der Waals surface area (Å²) < 4.78 is 5.77. The molecule has 3 aromatic rings. The van der Waals surface area contributed by atoms with Crippen molar-refractivity contribution in [3.05, 3.63) is 27.8 Å². The quantitative estimate of drug-likeness (QED) is 0.468. The van der Waals surface area contributed by atoms with Gasteiger partial charge in [0.25, 0.3) is 0 Å². The Bertz CT molecular complexity index is 804. The summed E-state index contributed by atoms with van der Waals surface area (Å²) in [6.45, 7) is 0. The van der Waals surface area contributed by atoms with Gasteiger partial charge in [-0.25, -0.2) is 14.6 Å². The molecule has 10 heteroatoms. The number of hydrogen-bond acceptors (Lipinski definition) is 8. The lowest BCUT2D eigenvalue weighted by Gasteiger charge is -2.09. The highest BCUT2D eigenvalue weighted by atomic mass is 127. The molecule has 0 saturated heterocycles. The standard InChI is InChI=1S/C11H9IN6O.C3H7NO/c1-13-8-9(14-7-4-2-6(12)3-5-7)16-11-10(15-8)17-19-18-11;1-4(2)3-5/h2-5H,1H3,(H,13,15,17)(H,14,16,18);3H,1-2H3. The van der Waals surface area contributed by atoms with Gasteiger partial charge in [-0.05, 0) is 57.2 Å². The lowest BCUT2D eigenvalue weighted by Crippen LogP contribution is -2.06. The van der Waals surface area contributed by atoms with E-state index in [1.54, 1.807) is 21.1 Å². The predicted molar refractivity (Wildman–Crippen MR) is 99.1 cm³/mol. The Morgan fingerprint density at radius 1 is 1.08 bits per heavy atom. The van der Waals surface area contributed by atoms with E-state index in [0.29, 0.717) is 22.9 Å². The van der Waals surface area contributed by atoms with Crippen LogP contribution in [0.25, 0.3) is 11.3 Å². The van der Waals surface area contributed by atoms with Crippen molar-refractivity contribution in [3.8, 4) is 0 Å². The third-order valence-corrected chi connectivity index (χ3v) is 3.39. The van der Waals surface area contributed by atoms with Crippen LogP contribution in [-0.2, 0) is 4.79 Å². The minimum atomic E-state index is 0.368. The molecule has 0 fully saturated rings. The van der Waals surface area contributed by atoms with Crippen LogP contribution in [-0.4, -0.2) is 52.7 Å². The lowest BCUT2D eigenvalue weighted by atomic mass is 10.3. The van der Waals surface area contributed by atoms with Crippen molar-refractivity contribution < 1.29 is 9.42 Å². The molecule has 0 bridgehead atoms. The Morgan fingerprint density at radius 3 is 2.12 bits per heavy atom. The minimum Gasteiger partial charge on any atom is -0.370 e. The number of aromatic nitrogens is 4. The summed E-state index contributed by atoms with van der Waals surface area (Å²) in [4.78, 5) is 19.5. The van der Waals surface area contributed by atoms with Gasteiger partial charge >= 0.3 is 0 Å². The predicted octanol–water partition coefficient (Wildman–Crippen LogP) is 2.11. The SMILES string of the molecule is CN(C)C=O.CNc1nc2nonc2nc1Nc1ccc(I)cc1. The lowest BCUT2D eigenvalue weighted by molar-refractivity contribution is -0.115. The van der Waals surface area contributed by atoms with Gasteiger partial charge in [-0.1, -0.05) is 0 Å². The minimum absolute atomic E-state index is 0.368. The number of carbonyl (C=O) groups excluding carboxylic acids is 1. The molecule has 0 unspecified atom stereocenters. The highest BCUT2D eigenvalue weighted by molar-refractivity contribution is 14.1. The van der Waals surface area contributed by atoms with Crippen LogP contribution >= 0.6 is 22.6 Å². The van der Waals surface area contributed by atoms with Gasteiger partial charge in [-0.3, -0.25) is 4.79 Å². The van der Waals surface area contributed by atoms with Crippen LogP contribution in [0.1, 0.15) is 0 Å². The van der Waals surface area contributed by atoms with E-state index >= 15 is 0 Å². The molecule has 2 heterocycles. The molecule has 2 N–H and O–H groups in total. The highest BCUT2D eigenvalue weighted by Gasteiger charge is 2.11. The third-order valence-electron chi connectivity index (χ3n) is 2.67. The molecule has 1 aromatic carbocycles. The van der Waals surface area contributed by atoms with Crippen LogP contribution in [0.15, 0.2) is 28.9 Å². The first-order valence-electron chi connectivity index (χ1n) is 6.86. The van der Waals surface area contributed by atoms with E-state index < -0.39 is 0 Å². The summed E-state index contributed by atoms with van der Waals surface area (Å²) in [5, 5.41) is 13.5. The van der Waals surface area contributed by atoms with E-state index in [9.17, 15) is 4.79 Å². The van der Waals surface area contributed by atoms with Gasteiger partial charge < -0.3 is 15.5 Å². The van der Waals surface area contributed by atoms with Gasteiger partial charge in [0.15, 0.2) is 11.6 Å². The zero-order valence-electron chi connectivity index (χ0n) is 13.3. The Kier molecular flexibility index (Phi) is 6.23. The van der Waals surface area contributed by atoms with Crippen LogP contribution < -0.4 is 10.6 Å². The maximum Gasteiger partial charge on any atom is 0.245 e. The van der Waals surface area contributed by atoms with Crippen LogP contribution in [0.4, 0.5) is 17.3 Å². The van der Waals surface area contributed by atoms with Crippen molar-refractivity contribution in [2.75, 3.05) is 31.8 Å². The Labute approximate surface area is 151 Å². The van der Waals surface area contributed by atoms with Crippen LogP contribution in [0.5, 0.6) is 0 Å². The fourth-order valence-electron chi connectivity index (χ4n) is 1.57.